The number of benzene rings is 1. The number of rotatable bonds is 6. The van der Waals surface area contributed by atoms with Crippen LogP contribution in [0.15, 0.2) is 40.1 Å². The van der Waals surface area contributed by atoms with Gasteiger partial charge in [-0.15, -0.1) is 11.3 Å². The van der Waals surface area contributed by atoms with Gasteiger partial charge in [0.15, 0.2) is 10.1 Å². The molecule has 0 spiro atoms. The monoisotopic (exact) mass is 292 g/mol. The second-order valence-electron chi connectivity index (χ2n) is 3.83. The molecule has 2 rings (SSSR count). The van der Waals surface area contributed by atoms with Crippen molar-refractivity contribution in [3.63, 3.8) is 0 Å². The maximum atomic E-state index is 11.9. The minimum atomic E-state index is -0.401. The fourth-order valence-corrected chi connectivity index (χ4v) is 3.19. The Bertz CT molecular complexity index is 581. The fourth-order valence-electron chi connectivity index (χ4n) is 1.45. The van der Waals surface area contributed by atoms with Gasteiger partial charge in [-0.1, -0.05) is 42.1 Å². The summed E-state index contributed by atoms with van der Waals surface area (Å²) in [5, 5.41) is 1.79. The number of ketones is 1. The van der Waals surface area contributed by atoms with E-state index in [1.165, 1.54) is 23.1 Å². The molecule has 6 heteroatoms. The molecule has 1 aromatic heterocycles. The highest BCUT2D eigenvalue weighted by molar-refractivity contribution is 8.01. The number of thiazole rings is 1. The third-order valence-electron chi connectivity index (χ3n) is 2.31. The normalized spacial score (nSPS) is 10.3. The van der Waals surface area contributed by atoms with Crippen LogP contribution in [0.5, 0.6) is 0 Å². The first-order valence-corrected chi connectivity index (χ1v) is 7.45. The van der Waals surface area contributed by atoms with Crippen molar-refractivity contribution in [2.75, 3.05) is 5.75 Å². The average Bonchev–Trinajstić information content (AvgIpc) is 2.84. The molecule has 0 fully saturated rings. The van der Waals surface area contributed by atoms with E-state index in [1.54, 1.807) is 17.5 Å². The summed E-state index contributed by atoms with van der Waals surface area (Å²) < 4.78 is 0.778. The summed E-state index contributed by atoms with van der Waals surface area (Å²) in [5.74, 6) is 0.00698. The van der Waals surface area contributed by atoms with Crippen molar-refractivity contribution in [2.24, 2.45) is 5.73 Å². The van der Waals surface area contributed by atoms with E-state index in [9.17, 15) is 9.59 Å². The lowest BCUT2D eigenvalue weighted by atomic mass is 10.2. The zero-order chi connectivity index (χ0) is 13.7. The largest absolute Gasteiger partial charge is 0.369 e. The van der Waals surface area contributed by atoms with Crippen LogP contribution in [-0.2, 0) is 11.2 Å². The fraction of sp³-hybridized carbons (Fsp3) is 0.154. The van der Waals surface area contributed by atoms with Crippen molar-refractivity contribution in [1.82, 2.24) is 4.98 Å². The van der Waals surface area contributed by atoms with E-state index in [0.717, 1.165) is 4.34 Å². The first kappa shape index (κ1) is 13.8. The van der Waals surface area contributed by atoms with E-state index >= 15 is 0 Å². The number of amides is 1. The van der Waals surface area contributed by atoms with Gasteiger partial charge >= 0.3 is 0 Å². The van der Waals surface area contributed by atoms with E-state index in [0.29, 0.717) is 17.0 Å². The standard InChI is InChI=1S/C13H12N2O2S2/c14-12(17)6-10-7-18-13(15-10)19-8-11(16)9-4-2-1-3-5-9/h1-5,7H,6,8H2,(H2,14,17). The first-order valence-electron chi connectivity index (χ1n) is 5.59. The van der Waals surface area contributed by atoms with E-state index in [-0.39, 0.29) is 12.2 Å². The zero-order valence-electron chi connectivity index (χ0n) is 10.0. The molecule has 0 unspecified atom stereocenters. The molecule has 0 bridgehead atoms. The Labute approximate surface area is 119 Å². The van der Waals surface area contributed by atoms with Gasteiger partial charge in [0.2, 0.25) is 5.91 Å². The van der Waals surface area contributed by atoms with Crippen molar-refractivity contribution in [3.8, 4) is 0 Å². The van der Waals surface area contributed by atoms with E-state index in [1.807, 2.05) is 18.2 Å². The number of hydrogen-bond donors (Lipinski definition) is 1. The Morgan fingerprint density at radius 3 is 2.68 bits per heavy atom. The molecule has 0 saturated heterocycles. The number of nitrogens with two attached hydrogens (primary N) is 1. The highest BCUT2D eigenvalue weighted by Gasteiger charge is 2.09. The summed E-state index contributed by atoms with van der Waals surface area (Å²) in [6, 6.07) is 9.14. The smallest absolute Gasteiger partial charge is 0.223 e. The number of hydrogen-bond acceptors (Lipinski definition) is 5. The van der Waals surface area contributed by atoms with Gasteiger partial charge in [-0.05, 0) is 0 Å². The van der Waals surface area contributed by atoms with Crippen LogP contribution in [0.3, 0.4) is 0 Å². The lowest BCUT2D eigenvalue weighted by molar-refractivity contribution is -0.117. The van der Waals surface area contributed by atoms with Crippen LogP contribution in [0.4, 0.5) is 0 Å². The van der Waals surface area contributed by atoms with Crippen LogP contribution in [0.1, 0.15) is 16.1 Å². The Balaban J connectivity index is 1.90. The zero-order valence-corrected chi connectivity index (χ0v) is 11.7. The second kappa shape index (κ2) is 6.49. The van der Waals surface area contributed by atoms with Gasteiger partial charge in [0.25, 0.3) is 0 Å². The third-order valence-corrected chi connectivity index (χ3v) is 4.38. The van der Waals surface area contributed by atoms with E-state index in [2.05, 4.69) is 4.98 Å². The maximum absolute atomic E-state index is 11.9. The van der Waals surface area contributed by atoms with Crippen molar-refractivity contribution in [2.45, 2.75) is 10.8 Å². The molecule has 1 amide bonds. The summed E-state index contributed by atoms with van der Waals surface area (Å²) in [6.45, 7) is 0. The maximum Gasteiger partial charge on any atom is 0.223 e. The van der Waals surface area contributed by atoms with Crippen LogP contribution in [0, 0.1) is 0 Å². The van der Waals surface area contributed by atoms with Crippen molar-refractivity contribution in [3.05, 3.63) is 47.0 Å². The topological polar surface area (TPSA) is 73.1 Å². The van der Waals surface area contributed by atoms with E-state index in [4.69, 9.17) is 5.73 Å². The van der Waals surface area contributed by atoms with Crippen LogP contribution >= 0.6 is 23.1 Å². The molecule has 0 radical (unpaired) electrons. The molecule has 0 aliphatic heterocycles. The Morgan fingerprint density at radius 1 is 1.26 bits per heavy atom. The van der Waals surface area contributed by atoms with Crippen molar-refractivity contribution in [1.29, 1.82) is 0 Å². The van der Waals surface area contributed by atoms with Gasteiger partial charge in [0.05, 0.1) is 17.9 Å². The Hall–Kier alpha value is -1.66. The highest BCUT2D eigenvalue weighted by Crippen LogP contribution is 2.23. The lowest BCUT2D eigenvalue weighted by Crippen LogP contribution is -2.13. The molecule has 0 aliphatic carbocycles. The molecular formula is C13H12N2O2S2. The van der Waals surface area contributed by atoms with Crippen molar-refractivity contribution < 1.29 is 9.59 Å². The van der Waals surface area contributed by atoms with Crippen LogP contribution in [0.25, 0.3) is 0 Å². The van der Waals surface area contributed by atoms with Crippen LogP contribution in [0.2, 0.25) is 0 Å². The Kier molecular flexibility index (Phi) is 4.70. The number of aromatic nitrogens is 1. The molecule has 1 aromatic carbocycles. The molecule has 2 aromatic rings. The van der Waals surface area contributed by atoms with Gasteiger partial charge in [0.1, 0.15) is 0 Å². The minimum absolute atomic E-state index is 0.0669. The molecular weight excluding hydrogens is 280 g/mol. The molecule has 4 nitrogen and oxygen atoms in total. The molecule has 19 heavy (non-hydrogen) atoms. The van der Waals surface area contributed by atoms with Gasteiger partial charge < -0.3 is 5.73 Å². The molecule has 1 heterocycles. The van der Waals surface area contributed by atoms with Gasteiger partial charge in [0, 0.05) is 10.9 Å². The summed E-state index contributed by atoms with van der Waals surface area (Å²) in [5.41, 5.74) is 6.45. The third kappa shape index (κ3) is 4.18. The number of carbonyl (C=O) groups is 2. The first-order chi connectivity index (χ1) is 9.15. The molecule has 0 saturated carbocycles. The predicted molar refractivity (Wildman–Crippen MR) is 76.5 cm³/mol. The van der Waals surface area contributed by atoms with Crippen LogP contribution < -0.4 is 5.73 Å². The molecule has 0 aliphatic rings. The summed E-state index contributed by atoms with van der Waals surface area (Å²) in [6.07, 6.45) is 0.143. The molecule has 0 atom stereocenters. The predicted octanol–water partition coefficient (Wildman–Crippen LogP) is 2.15. The summed E-state index contributed by atoms with van der Waals surface area (Å²) in [4.78, 5) is 26.9. The number of Topliss-reactive ketones (excluding diaryl/α,β-unsaturated/α-hetero) is 1. The molecule has 98 valence electrons. The lowest BCUT2D eigenvalue weighted by Gasteiger charge is -1.98. The Morgan fingerprint density at radius 2 is 2.00 bits per heavy atom. The second-order valence-corrected chi connectivity index (χ2v) is 5.91. The molecule has 2 N–H and O–H groups in total. The number of carbonyl (C=O) groups excluding carboxylic acids is 2. The quantitative estimate of drug-likeness (QED) is 0.654. The summed E-state index contributed by atoms with van der Waals surface area (Å²) >= 11 is 2.80. The summed E-state index contributed by atoms with van der Waals surface area (Å²) in [7, 11) is 0. The van der Waals surface area contributed by atoms with Crippen LogP contribution in [-0.4, -0.2) is 22.4 Å². The van der Waals surface area contributed by atoms with Gasteiger partial charge in [-0.2, -0.15) is 0 Å². The number of thioether (sulfide) groups is 1. The number of primary amides is 1. The SMILES string of the molecule is NC(=O)Cc1csc(SCC(=O)c2ccccc2)n1. The van der Waals surface area contributed by atoms with E-state index < -0.39 is 5.91 Å². The number of nitrogens with zero attached hydrogens (tertiary/aromatic N) is 1. The van der Waals surface area contributed by atoms with Gasteiger partial charge in [-0.3, -0.25) is 9.59 Å². The highest BCUT2D eigenvalue weighted by atomic mass is 32.2. The minimum Gasteiger partial charge on any atom is -0.369 e. The van der Waals surface area contributed by atoms with Crippen molar-refractivity contribution >= 4 is 34.8 Å². The average molecular weight is 292 g/mol. The van der Waals surface area contributed by atoms with Gasteiger partial charge in [-0.25, -0.2) is 4.98 Å².